The third-order valence-corrected chi connectivity index (χ3v) is 6.15. The zero-order valence-corrected chi connectivity index (χ0v) is 20.6. The predicted molar refractivity (Wildman–Crippen MR) is 128 cm³/mol. The summed E-state index contributed by atoms with van der Waals surface area (Å²) in [7, 11) is 0. The Kier molecular flexibility index (Phi) is 7.31. The number of amides is 2. The van der Waals surface area contributed by atoms with Gasteiger partial charge in [-0.1, -0.05) is 12.1 Å². The highest BCUT2D eigenvalue weighted by molar-refractivity contribution is 5.94. The first kappa shape index (κ1) is 27.5. The SMILES string of the molecule is CCOC(=O)c1cn(-c2cc(F)c(N3CCNC3=O)c(F)c2)c(=O)n(Cc2cccc(C(F)(F)F)c2C)c1=O. The standard InChI is InChI=1S/C25H21F5N4O5/c1-3-39-22(36)16-12-33(15-9-18(26)20(19(27)10-15)32-8-7-31-23(32)37)24(38)34(21(16)35)11-14-5-4-6-17(13(14)2)25(28,29)30/h4-6,9-10,12H,3,7-8,11H2,1-2H3,(H,31,37). The number of benzene rings is 2. The number of hydrogen-bond donors (Lipinski definition) is 1. The highest BCUT2D eigenvalue weighted by Gasteiger charge is 2.33. The first-order valence-electron chi connectivity index (χ1n) is 11.6. The van der Waals surface area contributed by atoms with Crippen LogP contribution in [0.3, 0.4) is 0 Å². The molecule has 39 heavy (non-hydrogen) atoms. The van der Waals surface area contributed by atoms with E-state index < -0.39 is 70.1 Å². The molecule has 0 spiro atoms. The molecule has 0 atom stereocenters. The van der Waals surface area contributed by atoms with Gasteiger partial charge in [-0.3, -0.25) is 18.8 Å². The summed E-state index contributed by atoms with van der Waals surface area (Å²) in [6.07, 6.45) is -3.96. The maximum Gasteiger partial charge on any atom is 0.416 e. The van der Waals surface area contributed by atoms with Crippen molar-refractivity contribution in [3.05, 3.63) is 91.3 Å². The highest BCUT2D eigenvalue weighted by Crippen LogP contribution is 2.33. The van der Waals surface area contributed by atoms with E-state index in [1.54, 1.807) is 0 Å². The van der Waals surface area contributed by atoms with E-state index in [9.17, 15) is 32.3 Å². The molecule has 1 saturated heterocycles. The molecule has 0 unspecified atom stereocenters. The molecule has 1 aliphatic heterocycles. The number of urea groups is 1. The van der Waals surface area contributed by atoms with Crippen LogP contribution in [0.1, 0.15) is 34.0 Å². The van der Waals surface area contributed by atoms with Crippen molar-refractivity contribution >= 4 is 17.7 Å². The Balaban J connectivity index is 1.91. The van der Waals surface area contributed by atoms with E-state index in [1.165, 1.54) is 13.0 Å². The molecule has 14 heteroatoms. The number of alkyl halides is 3. The number of carbonyl (C=O) groups excluding carboxylic acids is 2. The second-order valence-electron chi connectivity index (χ2n) is 8.54. The van der Waals surface area contributed by atoms with Crippen molar-refractivity contribution in [3.63, 3.8) is 0 Å². The predicted octanol–water partition coefficient (Wildman–Crippen LogP) is 3.36. The third kappa shape index (κ3) is 5.13. The zero-order chi connectivity index (χ0) is 28.6. The molecule has 1 aromatic heterocycles. The molecule has 1 aliphatic rings. The molecule has 0 saturated carbocycles. The average Bonchev–Trinajstić information content (AvgIpc) is 3.27. The van der Waals surface area contributed by atoms with Crippen LogP contribution in [0.2, 0.25) is 0 Å². The maximum absolute atomic E-state index is 15.0. The Morgan fingerprint density at radius 1 is 1.10 bits per heavy atom. The maximum atomic E-state index is 15.0. The summed E-state index contributed by atoms with van der Waals surface area (Å²) in [4.78, 5) is 51.7. The fraction of sp³-hybridized carbons (Fsp3) is 0.280. The Labute approximate surface area is 217 Å². The van der Waals surface area contributed by atoms with Gasteiger partial charge < -0.3 is 10.1 Å². The van der Waals surface area contributed by atoms with E-state index in [2.05, 4.69) is 5.32 Å². The molecule has 0 bridgehead atoms. The van der Waals surface area contributed by atoms with Crippen LogP contribution in [0.15, 0.2) is 46.1 Å². The number of ether oxygens (including phenoxy) is 1. The lowest BCUT2D eigenvalue weighted by Crippen LogP contribution is -2.42. The fourth-order valence-corrected chi connectivity index (χ4v) is 4.24. The van der Waals surface area contributed by atoms with Crippen molar-refractivity contribution in [2.24, 2.45) is 0 Å². The first-order valence-corrected chi connectivity index (χ1v) is 11.6. The highest BCUT2D eigenvalue weighted by atomic mass is 19.4. The number of nitrogens with zero attached hydrogens (tertiary/aromatic N) is 3. The van der Waals surface area contributed by atoms with Gasteiger partial charge in [0.05, 0.1) is 24.4 Å². The van der Waals surface area contributed by atoms with Gasteiger partial charge in [0, 0.05) is 31.4 Å². The molecule has 2 amide bonds. The first-order chi connectivity index (χ1) is 18.3. The van der Waals surface area contributed by atoms with E-state index in [4.69, 9.17) is 4.74 Å². The number of hydrogen-bond acceptors (Lipinski definition) is 5. The van der Waals surface area contributed by atoms with Crippen molar-refractivity contribution in [2.45, 2.75) is 26.6 Å². The second kappa shape index (κ2) is 10.3. The van der Waals surface area contributed by atoms with Gasteiger partial charge in [0.25, 0.3) is 5.56 Å². The number of esters is 1. The molecule has 0 radical (unpaired) electrons. The summed E-state index contributed by atoms with van der Waals surface area (Å²) in [6, 6.07) is 3.93. The number of halogens is 5. The van der Waals surface area contributed by atoms with Crippen molar-refractivity contribution in [2.75, 3.05) is 24.6 Å². The number of carbonyl (C=O) groups is 2. The summed E-state index contributed by atoms with van der Waals surface area (Å²) in [5, 5.41) is 2.40. The van der Waals surface area contributed by atoms with Crippen molar-refractivity contribution in [1.82, 2.24) is 14.5 Å². The quantitative estimate of drug-likeness (QED) is 0.373. The Bertz CT molecular complexity index is 1570. The Morgan fingerprint density at radius 3 is 2.33 bits per heavy atom. The van der Waals surface area contributed by atoms with Crippen LogP contribution in [0.4, 0.5) is 32.4 Å². The van der Waals surface area contributed by atoms with Gasteiger partial charge in [-0.15, -0.1) is 0 Å². The molecular weight excluding hydrogens is 531 g/mol. The van der Waals surface area contributed by atoms with Gasteiger partial charge in [0.1, 0.15) is 11.3 Å². The fourth-order valence-electron chi connectivity index (χ4n) is 4.24. The van der Waals surface area contributed by atoms with Gasteiger partial charge >= 0.3 is 23.9 Å². The van der Waals surface area contributed by atoms with Gasteiger partial charge in [-0.2, -0.15) is 13.2 Å². The van der Waals surface area contributed by atoms with Crippen LogP contribution in [0, 0.1) is 18.6 Å². The van der Waals surface area contributed by atoms with E-state index in [0.29, 0.717) is 9.13 Å². The topological polar surface area (TPSA) is 103 Å². The van der Waals surface area contributed by atoms with E-state index in [1.807, 2.05) is 0 Å². The lowest BCUT2D eigenvalue weighted by Gasteiger charge is -2.19. The van der Waals surface area contributed by atoms with Crippen molar-refractivity contribution in [1.29, 1.82) is 0 Å². The minimum Gasteiger partial charge on any atom is -0.462 e. The van der Waals surface area contributed by atoms with Crippen LogP contribution in [0.25, 0.3) is 5.69 Å². The van der Waals surface area contributed by atoms with E-state index >= 15 is 8.78 Å². The van der Waals surface area contributed by atoms with Gasteiger partial charge in [0.2, 0.25) is 0 Å². The van der Waals surface area contributed by atoms with Crippen LogP contribution >= 0.6 is 0 Å². The number of rotatable bonds is 6. The minimum absolute atomic E-state index is 0.0137. The molecule has 2 heterocycles. The molecule has 3 aromatic rings. The molecule has 1 fully saturated rings. The molecule has 1 N–H and O–H groups in total. The smallest absolute Gasteiger partial charge is 0.416 e. The monoisotopic (exact) mass is 552 g/mol. The van der Waals surface area contributed by atoms with Crippen LogP contribution < -0.4 is 21.5 Å². The van der Waals surface area contributed by atoms with E-state index in [0.717, 1.165) is 42.3 Å². The summed E-state index contributed by atoms with van der Waals surface area (Å²) in [6.45, 7) is 1.92. The molecular formula is C25H21F5N4O5. The lowest BCUT2D eigenvalue weighted by atomic mass is 10.0. The normalized spacial score (nSPS) is 13.5. The number of anilines is 1. The molecule has 0 aliphatic carbocycles. The van der Waals surface area contributed by atoms with Crippen molar-refractivity contribution < 1.29 is 36.3 Å². The zero-order valence-electron chi connectivity index (χ0n) is 20.6. The summed E-state index contributed by atoms with van der Waals surface area (Å²) in [5.74, 6) is -3.58. The Morgan fingerprint density at radius 2 is 1.77 bits per heavy atom. The van der Waals surface area contributed by atoms with Crippen molar-refractivity contribution in [3.8, 4) is 5.69 Å². The van der Waals surface area contributed by atoms with Gasteiger partial charge in [0.15, 0.2) is 11.6 Å². The van der Waals surface area contributed by atoms with E-state index in [-0.39, 0.29) is 30.8 Å². The van der Waals surface area contributed by atoms with Gasteiger partial charge in [-0.25, -0.2) is 23.2 Å². The third-order valence-electron chi connectivity index (χ3n) is 6.15. The average molecular weight is 552 g/mol. The second-order valence-corrected chi connectivity index (χ2v) is 8.54. The molecule has 206 valence electrons. The number of nitrogens with one attached hydrogen (secondary N) is 1. The Hall–Kier alpha value is -4.49. The largest absolute Gasteiger partial charge is 0.462 e. The molecule has 4 rings (SSSR count). The summed E-state index contributed by atoms with van der Waals surface area (Å²) in [5.41, 5.74) is -5.45. The van der Waals surface area contributed by atoms with Gasteiger partial charge in [-0.05, 0) is 31.0 Å². The molecule has 2 aromatic carbocycles. The molecule has 9 nitrogen and oxygen atoms in total. The summed E-state index contributed by atoms with van der Waals surface area (Å²) < 4.78 is 76.2. The minimum atomic E-state index is -4.71. The lowest BCUT2D eigenvalue weighted by molar-refractivity contribution is -0.138. The summed E-state index contributed by atoms with van der Waals surface area (Å²) >= 11 is 0. The van der Waals surface area contributed by atoms with Crippen LogP contribution in [-0.2, 0) is 17.5 Å². The van der Waals surface area contributed by atoms with Crippen LogP contribution in [0.5, 0.6) is 0 Å². The number of aromatic nitrogens is 2. The van der Waals surface area contributed by atoms with Crippen LogP contribution in [-0.4, -0.2) is 40.8 Å².